The lowest BCUT2D eigenvalue weighted by atomic mass is 10.1. The number of hydrogen-bond acceptors (Lipinski definition) is 5. The fourth-order valence-electron chi connectivity index (χ4n) is 2.34. The van der Waals surface area contributed by atoms with Gasteiger partial charge in [0.25, 0.3) is 0 Å². The van der Waals surface area contributed by atoms with Gasteiger partial charge in [-0.3, -0.25) is 0 Å². The number of anilines is 2. The van der Waals surface area contributed by atoms with Gasteiger partial charge in [-0.25, -0.2) is 4.39 Å². The Labute approximate surface area is 117 Å². The highest BCUT2D eigenvalue weighted by atomic mass is 19.1. The number of halogens is 1. The van der Waals surface area contributed by atoms with E-state index in [0.717, 1.165) is 5.69 Å². The molecule has 1 aliphatic heterocycles. The number of nitrogens with zero attached hydrogens (tertiary/aromatic N) is 1. The molecule has 5 nitrogen and oxygen atoms in total. The van der Waals surface area contributed by atoms with Crippen LogP contribution in [0.25, 0.3) is 0 Å². The molecule has 2 rings (SSSR count). The average molecular weight is 284 g/mol. The number of nitrogens with one attached hydrogen (secondary N) is 1. The molecule has 1 aliphatic rings. The van der Waals surface area contributed by atoms with Gasteiger partial charge < -0.3 is 25.5 Å². The van der Waals surface area contributed by atoms with Gasteiger partial charge in [-0.1, -0.05) is 6.07 Å². The lowest BCUT2D eigenvalue weighted by Crippen LogP contribution is -2.36. The third kappa shape index (κ3) is 3.59. The highest BCUT2D eigenvalue weighted by molar-refractivity contribution is 5.71. The molecule has 1 heterocycles. The van der Waals surface area contributed by atoms with Crippen LogP contribution in [-0.2, 0) is 0 Å². The Balaban J connectivity index is 2.13. The minimum absolute atomic E-state index is 0.0842. The van der Waals surface area contributed by atoms with E-state index in [1.807, 2.05) is 11.0 Å². The second-order valence-electron chi connectivity index (χ2n) is 5.07. The molecule has 0 saturated carbocycles. The van der Waals surface area contributed by atoms with Gasteiger partial charge in [0, 0.05) is 19.6 Å². The van der Waals surface area contributed by atoms with Crippen molar-refractivity contribution in [3.05, 3.63) is 24.0 Å². The standard InChI is InChI=1S/C14H21FN2O3/c15-12-2-1-3-13(14(12)16-8-11(20)9-18)17-6-4-10(19)5-7-17/h1-3,10-11,16,18-20H,4-9H2. The predicted octanol–water partition coefficient (Wildman–Crippen LogP) is 0.552. The molecule has 1 saturated heterocycles. The molecule has 20 heavy (non-hydrogen) atoms. The molecule has 112 valence electrons. The van der Waals surface area contributed by atoms with Gasteiger partial charge >= 0.3 is 0 Å². The van der Waals surface area contributed by atoms with Gasteiger partial charge in [-0.15, -0.1) is 0 Å². The number of aliphatic hydroxyl groups is 3. The van der Waals surface area contributed by atoms with Crippen LogP contribution in [0.3, 0.4) is 0 Å². The Morgan fingerprint density at radius 2 is 2.05 bits per heavy atom. The summed E-state index contributed by atoms with van der Waals surface area (Å²) in [5, 5.41) is 30.6. The van der Waals surface area contributed by atoms with Crippen molar-refractivity contribution in [3.63, 3.8) is 0 Å². The van der Waals surface area contributed by atoms with Crippen LogP contribution in [0.2, 0.25) is 0 Å². The van der Waals surface area contributed by atoms with Gasteiger partial charge in [0.15, 0.2) is 0 Å². The number of para-hydroxylation sites is 1. The Kier molecular flexibility index (Phi) is 5.17. The summed E-state index contributed by atoms with van der Waals surface area (Å²) in [7, 11) is 0. The van der Waals surface area contributed by atoms with Crippen LogP contribution in [0.5, 0.6) is 0 Å². The van der Waals surface area contributed by atoms with Crippen LogP contribution in [-0.4, -0.2) is 53.8 Å². The molecule has 1 aromatic carbocycles. The largest absolute Gasteiger partial charge is 0.394 e. The van der Waals surface area contributed by atoms with Crippen LogP contribution < -0.4 is 10.2 Å². The molecular formula is C14H21FN2O3. The summed E-state index contributed by atoms with van der Waals surface area (Å²) in [6.45, 7) is 1.05. The van der Waals surface area contributed by atoms with E-state index < -0.39 is 11.9 Å². The van der Waals surface area contributed by atoms with Crippen molar-refractivity contribution in [1.29, 1.82) is 0 Å². The highest BCUT2D eigenvalue weighted by Gasteiger charge is 2.21. The maximum Gasteiger partial charge on any atom is 0.148 e. The molecule has 6 heteroatoms. The molecule has 1 fully saturated rings. The number of rotatable bonds is 5. The summed E-state index contributed by atoms with van der Waals surface area (Å²) in [5.74, 6) is -0.390. The van der Waals surface area contributed by atoms with E-state index in [9.17, 15) is 14.6 Å². The summed E-state index contributed by atoms with van der Waals surface area (Å²) in [6.07, 6.45) is 0.114. The Morgan fingerprint density at radius 3 is 2.70 bits per heavy atom. The zero-order valence-electron chi connectivity index (χ0n) is 11.3. The number of benzene rings is 1. The van der Waals surface area contributed by atoms with E-state index in [0.29, 0.717) is 31.6 Å². The van der Waals surface area contributed by atoms with Crippen LogP contribution in [0.15, 0.2) is 18.2 Å². The zero-order valence-corrected chi connectivity index (χ0v) is 11.3. The Hall–Kier alpha value is -1.37. The van der Waals surface area contributed by atoms with E-state index >= 15 is 0 Å². The SMILES string of the molecule is OCC(O)CNc1c(F)cccc1N1CCC(O)CC1. The minimum atomic E-state index is -0.925. The second-order valence-corrected chi connectivity index (χ2v) is 5.07. The number of aliphatic hydroxyl groups excluding tert-OH is 3. The van der Waals surface area contributed by atoms with Crippen LogP contribution >= 0.6 is 0 Å². The molecule has 1 atom stereocenters. The van der Waals surface area contributed by atoms with Crippen LogP contribution in [0.4, 0.5) is 15.8 Å². The van der Waals surface area contributed by atoms with Crippen molar-refractivity contribution in [2.75, 3.05) is 36.5 Å². The van der Waals surface area contributed by atoms with Crippen molar-refractivity contribution < 1.29 is 19.7 Å². The summed E-state index contributed by atoms with van der Waals surface area (Å²) in [6, 6.07) is 4.81. The quantitative estimate of drug-likeness (QED) is 0.635. The summed E-state index contributed by atoms with van der Waals surface area (Å²) in [5.41, 5.74) is 1.05. The molecule has 1 unspecified atom stereocenters. The Morgan fingerprint density at radius 1 is 1.35 bits per heavy atom. The molecule has 0 radical (unpaired) electrons. The van der Waals surface area contributed by atoms with Crippen molar-refractivity contribution in [2.24, 2.45) is 0 Å². The van der Waals surface area contributed by atoms with E-state index in [2.05, 4.69) is 5.32 Å². The second kappa shape index (κ2) is 6.88. The van der Waals surface area contributed by atoms with E-state index in [1.54, 1.807) is 6.07 Å². The predicted molar refractivity (Wildman–Crippen MR) is 75.4 cm³/mol. The topological polar surface area (TPSA) is 76.0 Å². The fourth-order valence-corrected chi connectivity index (χ4v) is 2.34. The lowest BCUT2D eigenvalue weighted by Gasteiger charge is -2.33. The van der Waals surface area contributed by atoms with Crippen molar-refractivity contribution in [1.82, 2.24) is 0 Å². The summed E-state index contributed by atoms with van der Waals surface area (Å²) in [4.78, 5) is 2.02. The highest BCUT2D eigenvalue weighted by Crippen LogP contribution is 2.30. The third-order valence-corrected chi connectivity index (χ3v) is 3.52. The number of hydrogen-bond donors (Lipinski definition) is 4. The lowest BCUT2D eigenvalue weighted by molar-refractivity contribution is 0.105. The van der Waals surface area contributed by atoms with Gasteiger partial charge in [0.2, 0.25) is 0 Å². The maximum atomic E-state index is 14.0. The van der Waals surface area contributed by atoms with Gasteiger partial charge in [0.05, 0.1) is 30.2 Å². The van der Waals surface area contributed by atoms with Gasteiger partial charge in [-0.2, -0.15) is 0 Å². The molecule has 0 amide bonds. The molecule has 1 aromatic rings. The van der Waals surface area contributed by atoms with Gasteiger partial charge in [0.1, 0.15) is 5.82 Å². The normalized spacial score (nSPS) is 18.1. The van der Waals surface area contributed by atoms with Gasteiger partial charge in [-0.05, 0) is 25.0 Å². The zero-order chi connectivity index (χ0) is 14.5. The monoisotopic (exact) mass is 284 g/mol. The molecule has 4 N–H and O–H groups in total. The van der Waals surface area contributed by atoms with Crippen molar-refractivity contribution in [2.45, 2.75) is 25.0 Å². The number of piperidine rings is 1. The summed E-state index contributed by atoms with van der Waals surface area (Å²) >= 11 is 0. The molecule has 0 aromatic heterocycles. The first-order valence-electron chi connectivity index (χ1n) is 6.86. The van der Waals surface area contributed by atoms with E-state index in [1.165, 1.54) is 6.07 Å². The first-order valence-corrected chi connectivity index (χ1v) is 6.86. The van der Waals surface area contributed by atoms with Crippen LogP contribution in [0.1, 0.15) is 12.8 Å². The van der Waals surface area contributed by atoms with Crippen LogP contribution in [0, 0.1) is 5.82 Å². The third-order valence-electron chi connectivity index (χ3n) is 3.52. The van der Waals surface area contributed by atoms with E-state index in [-0.39, 0.29) is 19.3 Å². The molecule has 0 bridgehead atoms. The minimum Gasteiger partial charge on any atom is -0.394 e. The molecule has 0 aliphatic carbocycles. The van der Waals surface area contributed by atoms with Crippen molar-refractivity contribution >= 4 is 11.4 Å². The first-order chi connectivity index (χ1) is 9.61. The average Bonchev–Trinajstić information content (AvgIpc) is 2.46. The van der Waals surface area contributed by atoms with Crippen molar-refractivity contribution in [3.8, 4) is 0 Å². The maximum absolute atomic E-state index is 14.0. The fraction of sp³-hybridized carbons (Fsp3) is 0.571. The first kappa shape index (κ1) is 15.0. The van der Waals surface area contributed by atoms with E-state index in [4.69, 9.17) is 5.11 Å². The molecule has 0 spiro atoms. The smallest absolute Gasteiger partial charge is 0.148 e. The summed E-state index contributed by atoms with van der Waals surface area (Å²) < 4.78 is 14.0. The molecular weight excluding hydrogens is 263 g/mol. The Bertz CT molecular complexity index is 436.